The third-order valence-corrected chi connectivity index (χ3v) is 9.65. The third-order valence-electron chi connectivity index (χ3n) is 8.25. The summed E-state index contributed by atoms with van der Waals surface area (Å²) in [4.78, 5) is 30.4. The number of ether oxygens (including phenoxy) is 2. The van der Waals surface area contributed by atoms with Crippen molar-refractivity contribution in [2.45, 2.75) is 63.2 Å². The van der Waals surface area contributed by atoms with Gasteiger partial charge in [0.15, 0.2) is 0 Å². The van der Waals surface area contributed by atoms with Crippen LogP contribution in [0, 0.1) is 11.7 Å². The van der Waals surface area contributed by atoms with Crippen LogP contribution in [0.3, 0.4) is 0 Å². The fourth-order valence-corrected chi connectivity index (χ4v) is 6.44. The van der Waals surface area contributed by atoms with E-state index in [9.17, 15) is 27.5 Å². The predicted octanol–water partition coefficient (Wildman–Crippen LogP) is 5.59. The van der Waals surface area contributed by atoms with E-state index in [4.69, 9.17) is 9.47 Å². The molecule has 0 fully saturated rings. The SMILES string of the molecule is C[C@@H]1CCCCO[C@H](CN(C)C(=O)Nc2ccc(F)cc2)[C@H](C)CN([C@H](C)CO)C(=O)c2cc(NS(=O)(=O)c3ccccc3)ccc2O1. The lowest BCUT2D eigenvalue weighted by Gasteiger charge is -2.35. The van der Waals surface area contributed by atoms with Crippen molar-refractivity contribution in [3.63, 3.8) is 0 Å². The lowest BCUT2D eigenvalue weighted by molar-refractivity contribution is -0.0115. The number of anilines is 2. The van der Waals surface area contributed by atoms with Crippen molar-refractivity contribution in [2.24, 2.45) is 5.92 Å². The van der Waals surface area contributed by atoms with Crippen molar-refractivity contribution in [2.75, 3.05) is 43.4 Å². The van der Waals surface area contributed by atoms with Gasteiger partial charge < -0.3 is 29.7 Å². The minimum atomic E-state index is -3.93. The highest BCUT2D eigenvalue weighted by Gasteiger charge is 2.31. The number of nitrogens with one attached hydrogen (secondary N) is 2. The van der Waals surface area contributed by atoms with Gasteiger partial charge >= 0.3 is 6.03 Å². The van der Waals surface area contributed by atoms with Crippen LogP contribution < -0.4 is 14.8 Å². The Morgan fingerprint density at radius 3 is 2.44 bits per heavy atom. The second-order valence-corrected chi connectivity index (χ2v) is 13.9. The summed E-state index contributed by atoms with van der Waals surface area (Å²) in [6.45, 7) is 6.00. The Kier molecular flexibility index (Phi) is 12.8. The molecule has 260 valence electrons. The number of carbonyl (C=O) groups is 2. The van der Waals surface area contributed by atoms with E-state index in [1.807, 2.05) is 13.8 Å². The molecule has 1 aliphatic rings. The first-order valence-electron chi connectivity index (χ1n) is 16.1. The molecule has 1 aliphatic heterocycles. The number of aliphatic hydroxyl groups is 1. The molecule has 0 spiro atoms. The molecular weight excluding hydrogens is 639 g/mol. The Balaban J connectivity index is 1.62. The van der Waals surface area contributed by atoms with Gasteiger partial charge in [0, 0.05) is 44.0 Å². The molecule has 0 aliphatic carbocycles. The average Bonchev–Trinajstić information content (AvgIpc) is 3.07. The number of benzene rings is 3. The number of hydrogen-bond acceptors (Lipinski definition) is 7. The molecule has 0 unspecified atom stereocenters. The zero-order chi connectivity index (χ0) is 34.8. The number of halogens is 1. The van der Waals surface area contributed by atoms with Crippen molar-refractivity contribution in [1.82, 2.24) is 9.80 Å². The summed E-state index contributed by atoms with van der Waals surface area (Å²) < 4.78 is 54.6. The van der Waals surface area contributed by atoms with E-state index in [-0.39, 0.29) is 47.9 Å². The van der Waals surface area contributed by atoms with Crippen LogP contribution in [0.4, 0.5) is 20.6 Å². The van der Waals surface area contributed by atoms with Gasteiger partial charge in [-0.15, -0.1) is 0 Å². The van der Waals surface area contributed by atoms with Crippen LogP contribution >= 0.6 is 0 Å². The van der Waals surface area contributed by atoms with E-state index in [1.165, 1.54) is 52.3 Å². The fraction of sp³-hybridized carbons (Fsp3) is 0.429. The monoisotopic (exact) mass is 684 g/mol. The van der Waals surface area contributed by atoms with Gasteiger partial charge in [0.2, 0.25) is 0 Å². The summed E-state index contributed by atoms with van der Waals surface area (Å²) >= 11 is 0. The highest BCUT2D eigenvalue weighted by Crippen LogP contribution is 2.29. The maximum atomic E-state index is 14.3. The van der Waals surface area contributed by atoms with Crippen LogP contribution in [-0.4, -0.2) is 86.9 Å². The molecule has 1 heterocycles. The molecule has 0 saturated carbocycles. The Hall–Kier alpha value is -4.20. The molecule has 0 bridgehead atoms. The zero-order valence-electron chi connectivity index (χ0n) is 27.8. The number of fused-ring (bicyclic) bond motifs is 1. The van der Waals surface area contributed by atoms with Crippen LogP contribution in [0.1, 0.15) is 50.4 Å². The van der Waals surface area contributed by atoms with E-state index in [0.29, 0.717) is 24.5 Å². The minimum absolute atomic E-state index is 0.0768. The van der Waals surface area contributed by atoms with Crippen LogP contribution in [0.15, 0.2) is 77.7 Å². The van der Waals surface area contributed by atoms with Crippen molar-refractivity contribution >= 4 is 33.3 Å². The Morgan fingerprint density at radius 1 is 1.06 bits per heavy atom. The number of amides is 3. The number of urea groups is 1. The largest absolute Gasteiger partial charge is 0.490 e. The minimum Gasteiger partial charge on any atom is -0.490 e. The van der Waals surface area contributed by atoms with Crippen LogP contribution in [0.5, 0.6) is 5.75 Å². The van der Waals surface area contributed by atoms with Crippen LogP contribution in [0.25, 0.3) is 0 Å². The number of likely N-dealkylation sites (N-methyl/N-ethyl adjacent to an activating group) is 1. The molecule has 48 heavy (non-hydrogen) atoms. The smallest absolute Gasteiger partial charge is 0.321 e. The molecule has 4 atom stereocenters. The standard InChI is InChI=1S/C35H45FN4O7S/c1-24-21-40(25(2)23-41)34(42)31-20-29(38-48(44,45)30-11-6-5-7-12-30)17-18-32(31)47-26(3)10-8-9-19-46-33(24)22-39(4)35(43)37-28-15-13-27(36)14-16-28/h5-7,11-18,20,24-26,33,38,41H,8-10,19,21-23H2,1-4H3,(H,37,43)/t24-,25-,26-,33-/m1/s1. The van der Waals surface area contributed by atoms with Gasteiger partial charge in [-0.3, -0.25) is 9.52 Å². The zero-order valence-corrected chi connectivity index (χ0v) is 28.6. The highest BCUT2D eigenvalue weighted by molar-refractivity contribution is 7.92. The molecule has 4 rings (SSSR count). The molecular formula is C35H45FN4O7S. The highest BCUT2D eigenvalue weighted by atomic mass is 32.2. The summed E-state index contributed by atoms with van der Waals surface area (Å²) in [6.07, 6.45) is 1.47. The second-order valence-electron chi connectivity index (χ2n) is 12.2. The Bertz CT molecular complexity index is 1630. The van der Waals surface area contributed by atoms with Crippen LogP contribution in [0.2, 0.25) is 0 Å². The number of rotatable bonds is 8. The van der Waals surface area contributed by atoms with Gasteiger partial charge in [-0.05, 0) is 87.7 Å². The van der Waals surface area contributed by atoms with Crippen molar-refractivity contribution in [3.05, 3.63) is 84.2 Å². The number of aliphatic hydroxyl groups excluding tert-OH is 1. The first-order chi connectivity index (χ1) is 22.9. The number of sulfonamides is 1. The van der Waals surface area contributed by atoms with Gasteiger partial charge in [0.05, 0.1) is 35.3 Å². The summed E-state index contributed by atoms with van der Waals surface area (Å²) in [7, 11) is -2.30. The maximum absolute atomic E-state index is 14.3. The molecule has 0 radical (unpaired) electrons. The number of nitrogens with zero attached hydrogens (tertiary/aromatic N) is 2. The number of carbonyl (C=O) groups excluding carboxylic acids is 2. The first-order valence-corrected chi connectivity index (χ1v) is 17.6. The summed E-state index contributed by atoms with van der Waals surface area (Å²) in [5, 5.41) is 12.9. The van der Waals surface area contributed by atoms with E-state index < -0.39 is 39.9 Å². The second kappa shape index (κ2) is 16.8. The number of hydrogen-bond donors (Lipinski definition) is 3. The average molecular weight is 685 g/mol. The summed E-state index contributed by atoms with van der Waals surface area (Å²) in [5.41, 5.74) is 0.776. The molecule has 11 nitrogen and oxygen atoms in total. The van der Waals surface area contributed by atoms with Gasteiger partial charge in [-0.2, -0.15) is 0 Å². The maximum Gasteiger partial charge on any atom is 0.321 e. The fourth-order valence-electron chi connectivity index (χ4n) is 5.37. The van der Waals surface area contributed by atoms with Crippen molar-refractivity contribution in [3.8, 4) is 5.75 Å². The normalized spacial score (nSPS) is 20.1. The summed E-state index contributed by atoms with van der Waals surface area (Å²) in [5.74, 6) is -0.854. The molecule has 3 N–H and O–H groups in total. The molecule has 0 aromatic heterocycles. The van der Waals surface area contributed by atoms with Crippen LogP contribution in [-0.2, 0) is 14.8 Å². The van der Waals surface area contributed by atoms with Gasteiger partial charge in [0.25, 0.3) is 15.9 Å². The Morgan fingerprint density at radius 2 is 1.75 bits per heavy atom. The Labute approximate surface area is 282 Å². The lowest BCUT2D eigenvalue weighted by Crippen LogP contribution is -2.48. The quantitative estimate of drug-likeness (QED) is 0.282. The topological polar surface area (TPSA) is 138 Å². The van der Waals surface area contributed by atoms with Gasteiger partial charge in [-0.25, -0.2) is 17.6 Å². The molecule has 3 amide bonds. The molecule has 0 saturated heterocycles. The summed E-state index contributed by atoms with van der Waals surface area (Å²) in [6, 6.07) is 17.0. The van der Waals surface area contributed by atoms with E-state index in [0.717, 1.165) is 12.8 Å². The van der Waals surface area contributed by atoms with Gasteiger partial charge in [0.1, 0.15) is 11.6 Å². The van der Waals surface area contributed by atoms with E-state index >= 15 is 0 Å². The lowest BCUT2D eigenvalue weighted by atomic mass is 10.0. The predicted molar refractivity (Wildman–Crippen MR) is 182 cm³/mol. The van der Waals surface area contributed by atoms with Crippen molar-refractivity contribution in [1.29, 1.82) is 0 Å². The third kappa shape index (κ3) is 9.91. The van der Waals surface area contributed by atoms with E-state index in [2.05, 4.69) is 10.0 Å². The van der Waals surface area contributed by atoms with E-state index in [1.54, 1.807) is 44.3 Å². The van der Waals surface area contributed by atoms with Gasteiger partial charge in [-0.1, -0.05) is 25.1 Å². The first kappa shape index (κ1) is 36.6. The molecule has 3 aromatic carbocycles. The molecule has 13 heteroatoms. The van der Waals surface area contributed by atoms with Crippen molar-refractivity contribution < 1.29 is 37.0 Å². The molecule has 3 aromatic rings.